The van der Waals surface area contributed by atoms with E-state index in [1.807, 2.05) is 0 Å². The fourth-order valence-corrected chi connectivity index (χ4v) is 2.39. The van der Waals surface area contributed by atoms with Crippen molar-refractivity contribution in [3.05, 3.63) is 23.2 Å². The van der Waals surface area contributed by atoms with Gasteiger partial charge in [-0.05, 0) is 12.1 Å². The van der Waals surface area contributed by atoms with Crippen LogP contribution in [-0.2, 0) is 14.3 Å². The third-order valence-corrected chi connectivity index (χ3v) is 3.79. The molecule has 7 heteroatoms. The van der Waals surface area contributed by atoms with Gasteiger partial charge in [-0.3, -0.25) is 4.18 Å². The second-order valence-electron chi connectivity index (χ2n) is 3.53. The van der Waals surface area contributed by atoms with Crippen LogP contribution in [0.25, 0.3) is 0 Å². The molecule has 0 bridgehead atoms. The maximum atomic E-state index is 11.3. The van der Waals surface area contributed by atoms with Crippen LogP contribution < -0.4 is 9.47 Å². The summed E-state index contributed by atoms with van der Waals surface area (Å²) >= 11 is 5.81. The monoisotopic (exact) mass is 278 g/mol. The molecule has 0 amide bonds. The van der Waals surface area contributed by atoms with Crippen molar-refractivity contribution in [2.75, 3.05) is 19.5 Å². The Morgan fingerprint density at radius 1 is 1.47 bits per heavy atom. The smallest absolute Gasteiger partial charge is 0.270 e. The number of benzene rings is 1. The molecule has 0 spiro atoms. The number of halogens is 1. The molecule has 0 radical (unpaired) electrons. The van der Waals surface area contributed by atoms with Gasteiger partial charge in [-0.1, -0.05) is 11.6 Å². The van der Waals surface area contributed by atoms with E-state index in [9.17, 15) is 8.42 Å². The highest BCUT2D eigenvalue weighted by Gasteiger charge is 2.26. The third kappa shape index (κ3) is 3.02. The Morgan fingerprint density at radius 3 is 2.94 bits per heavy atom. The Labute approximate surface area is 104 Å². The first-order valence-corrected chi connectivity index (χ1v) is 6.83. The van der Waals surface area contributed by atoms with Gasteiger partial charge in [-0.25, -0.2) is 0 Å². The van der Waals surface area contributed by atoms with Crippen molar-refractivity contribution in [1.29, 1.82) is 0 Å². The van der Waals surface area contributed by atoms with E-state index in [1.54, 1.807) is 18.2 Å². The molecule has 1 aromatic rings. The Morgan fingerprint density at radius 2 is 2.24 bits per heavy atom. The van der Waals surface area contributed by atoms with Crippen molar-refractivity contribution in [3.8, 4) is 11.5 Å². The van der Waals surface area contributed by atoms with Crippen LogP contribution in [0.5, 0.6) is 11.5 Å². The summed E-state index contributed by atoms with van der Waals surface area (Å²) in [6, 6.07) is 4.94. The van der Waals surface area contributed by atoms with Crippen molar-refractivity contribution >= 4 is 21.7 Å². The summed E-state index contributed by atoms with van der Waals surface area (Å²) in [6.45, 7) is 0.164. The zero-order valence-electron chi connectivity index (χ0n) is 9.05. The molecule has 0 aliphatic carbocycles. The maximum absolute atomic E-state index is 11.3. The van der Waals surface area contributed by atoms with Gasteiger partial charge in [0.15, 0.2) is 11.5 Å². The van der Waals surface area contributed by atoms with Crippen LogP contribution in [0, 0.1) is 0 Å². The predicted octanol–water partition coefficient (Wildman–Crippen LogP) is 1.46. The Kier molecular flexibility index (Phi) is 3.46. The molecule has 1 aliphatic heterocycles. The van der Waals surface area contributed by atoms with E-state index < -0.39 is 16.2 Å². The number of hydrogen-bond acceptors (Lipinski definition) is 5. The van der Waals surface area contributed by atoms with Crippen LogP contribution in [0.1, 0.15) is 0 Å². The van der Waals surface area contributed by atoms with Gasteiger partial charge in [0.2, 0.25) is 0 Å². The van der Waals surface area contributed by atoms with Gasteiger partial charge < -0.3 is 9.47 Å². The highest BCUT2D eigenvalue weighted by molar-refractivity contribution is 7.86. The molecule has 94 valence electrons. The van der Waals surface area contributed by atoms with E-state index in [-0.39, 0.29) is 12.4 Å². The number of fused-ring (bicyclic) bond motifs is 1. The predicted molar refractivity (Wildman–Crippen MR) is 62.2 cm³/mol. The lowest BCUT2D eigenvalue weighted by atomic mass is 10.3. The largest absolute Gasteiger partial charge is 0.486 e. The number of rotatable bonds is 3. The molecule has 1 unspecified atom stereocenters. The minimum Gasteiger partial charge on any atom is -0.486 e. The molecular formula is C10H11ClO5S. The molecule has 1 heterocycles. The van der Waals surface area contributed by atoms with Gasteiger partial charge in [0, 0.05) is 11.1 Å². The standard InChI is InChI=1S/C10H11ClO5S/c1-14-17(12,13)6-8-5-15-9-3-2-7(11)4-10(9)16-8/h2-4,8H,5-6H2,1H3. The number of ether oxygens (including phenoxy) is 2. The van der Waals surface area contributed by atoms with Gasteiger partial charge >= 0.3 is 0 Å². The second kappa shape index (κ2) is 4.72. The quantitative estimate of drug-likeness (QED) is 0.783. The van der Waals surface area contributed by atoms with Crippen LogP contribution in [0.4, 0.5) is 0 Å². The summed E-state index contributed by atoms with van der Waals surface area (Å²) in [5.41, 5.74) is 0. The molecule has 1 atom stereocenters. The average molecular weight is 279 g/mol. The molecule has 0 fully saturated rings. The lowest BCUT2D eigenvalue weighted by Crippen LogP contribution is -2.35. The molecule has 1 aromatic carbocycles. The lowest BCUT2D eigenvalue weighted by Gasteiger charge is -2.26. The first kappa shape index (κ1) is 12.5. The minimum absolute atomic E-state index is 0.164. The molecule has 2 rings (SSSR count). The van der Waals surface area contributed by atoms with Crippen molar-refractivity contribution in [1.82, 2.24) is 0 Å². The highest BCUT2D eigenvalue weighted by atomic mass is 35.5. The lowest BCUT2D eigenvalue weighted by molar-refractivity contribution is 0.104. The van der Waals surface area contributed by atoms with Crippen LogP contribution in [0.3, 0.4) is 0 Å². The summed E-state index contributed by atoms with van der Waals surface area (Å²) in [7, 11) is -2.45. The van der Waals surface area contributed by atoms with Crippen molar-refractivity contribution in [2.24, 2.45) is 0 Å². The molecule has 0 aromatic heterocycles. The molecule has 0 saturated carbocycles. The van der Waals surface area contributed by atoms with E-state index in [0.29, 0.717) is 16.5 Å². The molecule has 0 N–H and O–H groups in total. The topological polar surface area (TPSA) is 61.8 Å². The minimum atomic E-state index is -3.57. The fourth-order valence-electron chi connectivity index (χ4n) is 1.47. The third-order valence-electron chi connectivity index (χ3n) is 2.27. The molecule has 5 nitrogen and oxygen atoms in total. The van der Waals surface area contributed by atoms with E-state index >= 15 is 0 Å². The molecule has 0 saturated heterocycles. The highest BCUT2D eigenvalue weighted by Crippen LogP contribution is 2.34. The molecular weight excluding hydrogens is 268 g/mol. The zero-order chi connectivity index (χ0) is 12.5. The average Bonchev–Trinajstić information content (AvgIpc) is 2.28. The zero-order valence-corrected chi connectivity index (χ0v) is 10.6. The normalized spacial score (nSPS) is 19.1. The Balaban J connectivity index is 2.13. The van der Waals surface area contributed by atoms with Crippen LogP contribution in [0.2, 0.25) is 5.02 Å². The van der Waals surface area contributed by atoms with E-state index in [1.165, 1.54) is 0 Å². The van der Waals surface area contributed by atoms with E-state index in [0.717, 1.165) is 7.11 Å². The second-order valence-corrected chi connectivity index (χ2v) is 5.75. The van der Waals surface area contributed by atoms with Crippen LogP contribution >= 0.6 is 11.6 Å². The van der Waals surface area contributed by atoms with Gasteiger partial charge in [-0.2, -0.15) is 8.42 Å². The summed E-state index contributed by atoms with van der Waals surface area (Å²) in [4.78, 5) is 0. The van der Waals surface area contributed by atoms with E-state index in [2.05, 4.69) is 4.18 Å². The SMILES string of the molecule is COS(=O)(=O)CC1COc2ccc(Cl)cc2O1. The first-order valence-electron chi connectivity index (χ1n) is 4.87. The molecule has 1 aliphatic rings. The van der Waals surface area contributed by atoms with Crippen molar-refractivity contribution < 1.29 is 22.1 Å². The summed E-state index contributed by atoms with van der Waals surface area (Å²) in [5.74, 6) is 0.746. The fraction of sp³-hybridized carbons (Fsp3) is 0.400. The maximum Gasteiger partial charge on any atom is 0.270 e. The summed E-state index contributed by atoms with van der Waals surface area (Å²) in [6.07, 6.45) is -0.592. The van der Waals surface area contributed by atoms with Gasteiger partial charge in [0.05, 0.1) is 7.11 Å². The first-order chi connectivity index (χ1) is 8.00. The van der Waals surface area contributed by atoms with E-state index in [4.69, 9.17) is 21.1 Å². The number of hydrogen-bond donors (Lipinski definition) is 0. The Hall–Kier alpha value is -0.980. The van der Waals surface area contributed by atoms with Crippen LogP contribution in [-0.4, -0.2) is 34.0 Å². The molecule has 17 heavy (non-hydrogen) atoms. The summed E-state index contributed by atoms with van der Waals surface area (Å²) < 4.78 is 37.7. The van der Waals surface area contributed by atoms with Gasteiger partial charge in [-0.15, -0.1) is 0 Å². The van der Waals surface area contributed by atoms with Gasteiger partial charge in [0.25, 0.3) is 10.1 Å². The van der Waals surface area contributed by atoms with Crippen molar-refractivity contribution in [3.63, 3.8) is 0 Å². The van der Waals surface area contributed by atoms with Crippen molar-refractivity contribution in [2.45, 2.75) is 6.10 Å². The Bertz CT molecular complexity index is 513. The summed E-state index contributed by atoms with van der Waals surface area (Å²) in [5, 5.41) is 0.502. The van der Waals surface area contributed by atoms with Gasteiger partial charge in [0.1, 0.15) is 18.5 Å². The van der Waals surface area contributed by atoms with Crippen LogP contribution in [0.15, 0.2) is 18.2 Å².